The summed E-state index contributed by atoms with van der Waals surface area (Å²) in [6.45, 7) is 3.73. The fraction of sp³-hybridized carbons (Fsp3) is 0.294. The number of anilines is 1. The number of halogens is 1. The van der Waals surface area contributed by atoms with Gasteiger partial charge in [-0.1, -0.05) is 36.7 Å². The Morgan fingerprint density at radius 1 is 1.10 bits per heavy atom. The Bertz CT molecular complexity index is 525. The van der Waals surface area contributed by atoms with Gasteiger partial charge in [-0.05, 0) is 48.7 Å². The maximum Gasteiger partial charge on any atom is 0.119 e. The van der Waals surface area contributed by atoms with E-state index in [2.05, 4.69) is 24.4 Å². The van der Waals surface area contributed by atoms with E-state index in [4.69, 9.17) is 16.3 Å². The molecule has 2 aromatic carbocycles. The number of hydrogen-bond donors (Lipinski definition) is 1. The zero-order valence-electron chi connectivity index (χ0n) is 11.7. The first-order chi connectivity index (χ1) is 9.78. The zero-order valence-corrected chi connectivity index (χ0v) is 12.5. The van der Waals surface area contributed by atoms with Gasteiger partial charge < -0.3 is 10.1 Å². The Balaban J connectivity index is 1.66. The van der Waals surface area contributed by atoms with Crippen molar-refractivity contribution in [2.45, 2.75) is 19.8 Å². The maximum atomic E-state index is 5.92. The molecule has 2 rings (SSSR count). The molecule has 0 unspecified atom stereocenters. The Morgan fingerprint density at radius 3 is 2.60 bits per heavy atom. The van der Waals surface area contributed by atoms with E-state index in [0.717, 1.165) is 35.8 Å². The third-order valence-electron chi connectivity index (χ3n) is 3.08. The summed E-state index contributed by atoms with van der Waals surface area (Å²) in [4.78, 5) is 0. The molecule has 0 aromatic heterocycles. The molecule has 0 saturated carbocycles. The third-order valence-corrected chi connectivity index (χ3v) is 3.31. The van der Waals surface area contributed by atoms with Gasteiger partial charge in [0, 0.05) is 17.3 Å². The van der Waals surface area contributed by atoms with Crippen molar-refractivity contribution in [3.63, 3.8) is 0 Å². The molecule has 0 atom stereocenters. The first kappa shape index (κ1) is 14.7. The van der Waals surface area contributed by atoms with Crippen LogP contribution in [-0.4, -0.2) is 13.2 Å². The minimum atomic E-state index is 0.707. The summed E-state index contributed by atoms with van der Waals surface area (Å²) in [5, 5.41) is 4.08. The topological polar surface area (TPSA) is 21.3 Å². The molecule has 0 fully saturated rings. The van der Waals surface area contributed by atoms with Gasteiger partial charge in [0.25, 0.3) is 0 Å². The van der Waals surface area contributed by atoms with Gasteiger partial charge in [-0.2, -0.15) is 0 Å². The molecule has 0 radical (unpaired) electrons. The van der Waals surface area contributed by atoms with Crippen LogP contribution in [0.25, 0.3) is 0 Å². The molecule has 2 nitrogen and oxygen atoms in total. The molecule has 2 aromatic rings. The molecule has 0 bridgehead atoms. The molecule has 3 heteroatoms. The Morgan fingerprint density at radius 2 is 1.90 bits per heavy atom. The summed E-state index contributed by atoms with van der Waals surface area (Å²) in [6, 6.07) is 16.0. The minimum Gasteiger partial charge on any atom is -0.494 e. The number of nitrogens with one attached hydrogen (secondary N) is 1. The lowest BCUT2D eigenvalue weighted by Crippen LogP contribution is -2.07. The molecule has 0 heterocycles. The lowest BCUT2D eigenvalue weighted by molar-refractivity contribution is 0.315. The van der Waals surface area contributed by atoms with E-state index in [9.17, 15) is 0 Å². The van der Waals surface area contributed by atoms with Crippen LogP contribution in [0.4, 0.5) is 5.69 Å². The van der Waals surface area contributed by atoms with Crippen LogP contribution in [0, 0.1) is 0 Å². The van der Waals surface area contributed by atoms with Gasteiger partial charge in [0.15, 0.2) is 0 Å². The van der Waals surface area contributed by atoms with Crippen LogP contribution in [-0.2, 0) is 6.42 Å². The summed E-state index contributed by atoms with van der Waals surface area (Å²) >= 11 is 5.92. The second kappa shape index (κ2) is 7.81. The van der Waals surface area contributed by atoms with E-state index >= 15 is 0 Å². The molecule has 106 valence electrons. The molecule has 0 aliphatic carbocycles. The average molecular weight is 290 g/mol. The largest absolute Gasteiger partial charge is 0.494 e. The average Bonchev–Trinajstić information content (AvgIpc) is 2.48. The Labute approximate surface area is 125 Å². The van der Waals surface area contributed by atoms with Crippen molar-refractivity contribution in [2.24, 2.45) is 0 Å². The van der Waals surface area contributed by atoms with E-state index in [0.29, 0.717) is 6.61 Å². The first-order valence-corrected chi connectivity index (χ1v) is 7.37. The summed E-state index contributed by atoms with van der Waals surface area (Å²) in [5.41, 5.74) is 2.38. The predicted octanol–water partition coefficient (Wildman–Crippen LogP) is 4.78. The molecular formula is C17H20ClNO. The van der Waals surface area contributed by atoms with Gasteiger partial charge in [0.1, 0.15) is 5.75 Å². The highest BCUT2D eigenvalue weighted by Crippen LogP contribution is 2.15. The van der Waals surface area contributed by atoms with Gasteiger partial charge in [-0.25, -0.2) is 0 Å². The van der Waals surface area contributed by atoms with E-state index in [1.54, 1.807) is 0 Å². The second-order valence-electron chi connectivity index (χ2n) is 4.64. The van der Waals surface area contributed by atoms with Gasteiger partial charge in [0.2, 0.25) is 0 Å². The monoisotopic (exact) mass is 289 g/mol. The lowest BCUT2D eigenvalue weighted by atomic mass is 10.2. The number of benzene rings is 2. The van der Waals surface area contributed by atoms with Crippen molar-refractivity contribution in [3.05, 3.63) is 59.1 Å². The minimum absolute atomic E-state index is 0.707. The molecule has 20 heavy (non-hydrogen) atoms. The van der Waals surface area contributed by atoms with Crippen LogP contribution in [0.2, 0.25) is 5.02 Å². The number of rotatable bonds is 7. The van der Waals surface area contributed by atoms with Crippen molar-refractivity contribution < 1.29 is 4.74 Å². The summed E-state index contributed by atoms with van der Waals surface area (Å²) in [6.07, 6.45) is 2.01. The molecule has 1 N–H and O–H groups in total. The van der Waals surface area contributed by atoms with Crippen LogP contribution in [0.1, 0.15) is 18.9 Å². The molecule has 0 saturated heterocycles. The summed E-state index contributed by atoms with van der Waals surface area (Å²) in [5.74, 6) is 0.935. The van der Waals surface area contributed by atoms with Crippen LogP contribution in [0.3, 0.4) is 0 Å². The summed E-state index contributed by atoms with van der Waals surface area (Å²) in [7, 11) is 0. The highest BCUT2D eigenvalue weighted by atomic mass is 35.5. The van der Waals surface area contributed by atoms with E-state index in [1.165, 1.54) is 5.56 Å². The molecule has 0 spiro atoms. The van der Waals surface area contributed by atoms with Gasteiger partial charge in [-0.3, -0.25) is 0 Å². The fourth-order valence-electron chi connectivity index (χ4n) is 1.91. The van der Waals surface area contributed by atoms with Crippen molar-refractivity contribution in [1.29, 1.82) is 0 Å². The smallest absolute Gasteiger partial charge is 0.119 e. The Hall–Kier alpha value is -1.67. The number of aryl methyl sites for hydroxylation is 1. The lowest BCUT2D eigenvalue weighted by Gasteiger charge is -2.09. The first-order valence-electron chi connectivity index (χ1n) is 6.99. The number of hydrogen-bond acceptors (Lipinski definition) is 2. The SMILES string of the molecule is CCc1ccc(OCCCNc2cccc(Cl)c2)cc1. The van der Waals surface area contributed by atoms with Gasteiger partial charge in [0.05, 0.1) is 6.61 Å². The highest BCUT2D eigenvalue weighted by molar-refractivity contribution is 6.30. The third kappa shape index (κ3) is 4.78. The standard InChI is InChI=1S/C17H20ClNO/c1-2-14-7-9-17(10-8-14)20-12-4-11-19-16-6-3-5-15(18)13-16/h3,5-10,13,19H,2,4,11-12H2,1H3. The van der Waals surface area contributed by atoms with Crippen molar-refractivity contribution in [2.75, 3.05) is 18.5 Å². The van der Waals surface area contributed by atoms with E-state index in [1.807, 2.05) is 36.4 Å². The van der Waals surface area contributed by atoms with E-state index < -0.39 is 0 Å². The van der Waals surface area contributed by atoms with Crippen LogP contribution in [0.15, 0.2) is 48.5 Å². The second-order valence-corrected chi connectivity index (χ2v) is 5.07. The maximum absolute atomic E-state index is 5.92. The predicted molar refractivity (Wildman–Crippen MR) is 85.9 cm³/mol. The molecule has 0 amide bonds. The summed E-state index contributed by atoms with van der Waals surface area (Å²) < 4.78 is 5.70. The quantitative estimate of drug-likeness (QED) is 0.740. The van der Waals surface area contributed by atoms with E-state index in [-0.39, 0.29) is 0 Å². The highest BCUT2D eigenvalue weighted by Gasteiger charge is 1.96. The van der Waals surface area contributed by atoms with Crippen molar-refractivity contribution >= 4 is 17.3 Å². The van der Waals surface area contributed by atoms with Crippen LogP contribution >= 0.6 is 11.6 Å². The van der Waals surface area contributed by atoms with Gasteiger partial charge >= 0.3 is 0 Å². The zero-order chi connectivity index (χ0) is 14.2. The molecule has 0 aliphatic rings. The Kier molecular flexibility index (Phi) is 5.75. The van der Waals surface area contributed by atoms with Crippen molar-refractivity contribution in [3.8, 4) is 5.75 Å². The van der Waals surface area contributed by atoms with Gasteiger partial charge in [-0.15, -0.1) is 0 Å². The van der Waals surface area contributed by atoms with Crippen LogP contribution < -0.4 is 10.1 Å². The number of ether oxygens (including phenoxy) is 1. The normalized spacial score (nSPS) is 10.3. The fourth-order valence-corrected chi connectivity index (χ4v) is 2.11. The molecular weight excluding hydrogens is 270 g/mol. The van der Waals surface area contributed by atoms with Crippen LogP contribution in [0.5, 0.6) is 5.75 Å². The molecule has 0 aliphatic heterocycles. The van der Waals surface area contributed by atoms with Crippen molar-refractivity contribution in [1.82, 2.24) is 0 Å².